The van der Waals surface area contributed by atoms with Crippen LogP contribution in [0.15, 0.2) is 0 Å². The molecule has 0 spiro atoms. The SMILES string of the molecule is CC[Si](CC)(OC)C(C)[Si](CC)(CC)OC. The van der Waals surface area contributed by atoms with Crippen molar-refractivity contribution in [2.24, 2.45) is 0 Å². The van der Waals surface area contributed by atoms with Gasteiger partial charge in [0.25, 0.3) is 0 Å². The van der Waals surface area contributed by atoms with Gasteiger partial charge in [-0.2, -0.15) is 0 Å². The minimum Gasteiger partial charge on any atom is -0.420 e. The smallest absolute Gasteiger partial charge is 0.194 e. The molecule has 0 saturated carbocycles. The van der Waals surface area contributed by atoms with E-state index in [0.717, 1.165) is 0 Å². The van der Waals surface area contributed by atoms with Crippen molar-refractivity contribution >= 4 is 16.6 Å². The second kappa shape index (κ2) is 6.94. The van der Waals surface area contributed by atoms with Crippen molar-refractivity contribution in [2.45, 2.75) is 64.0 Å². The van der Waals surface area contributed by atoms with Gasteiger partial charge in [-0.25, -0.2) is 0 Å². The molecule has 0 saturated heterocycles. The molecule has 0 heterocycles. The van der Waals surface area contributed by atoms with E-state index in [-0.39, 0.29) is 0 Å². The summed E-state index contributed by atoms with van der Waals surface area (Å²) in [7, 11) is 0.660. The van der Waals surface area contributed by atoms with Gasteiger partial charge in [-0.15, -0.1) is 0 Å². The zero-order chi connectivity index (χ0) is 12.8. The third-order valence-electron chi connectivity index (χ3n) is 4.79. The molecular formula is C12H30O2Si2. The molecule has 0 unspecified atom stereocenters. The molecule has 0 rings (SSSR count). The lowest BCUT2D eigenvalue weighted by atomic mass is 10.9. The van der Waals surface area contributed by atoms with Crippen molar-refractivity contribution in [3.05, 3.63) is 0 Å². The molecule has 98 valence electrons. The zero-order valence-electron chi connectivity index (χ0n) is 12.2. The van der Waals surface area contributed by atoms with Crippen LogP contribution < -0.4 is 0 Å². The Hall–Kier alpha value is 0.354. The van der Waals surface area contributed by atoms with Crippen molar-refractivity contribution in [3.8, 4) is 0 Å². The first-order valence-electron chi connectivity index (χ1n) is 6.62. The average Bonchev–Trinajstić information content (AvgIpc) is 2.35. The highest BCUT2D eigenvalue weighted by molar-refractivity contribution is 6.93. The topological polar surface area (TPSA) is 18.5 Å². The van der Waals surface area contributed by atoms with Crippen molar-refractivity contribution in [2.75, 3.05) is 14.2 Å². The van der Waals surface area contributed by atoms with Crippen LogP contribution in [0.1, 0.15) is 34.6 Å². The summed E-state index contributed by atoms with van der Waals surface area (Å²) < 4.78 is 12.0. The standard InChI is InChI=1S/C12H30O2Si2/c1-8-15(9-2,13-6)12(5)16(10-3,11-4)14-7/h12H,8-11H2,1-7H3. The van der Waals surface area contributed by atoms with Crippen LogP contribution in [0.3, 0.4) is 0 Å². The molecule has 0 aromatic carbocycles. The van der Waals surface area contributed by atoms with Gasteiger partial charge in [0.05, 0.1) is 0 Å². The summed E-state index contributed by atoms with van der Waals surface area (Å²) in [5.41, 5.74) is 0. The maximum atomic E-state index is 6.00. The second-order valence-electron chi connectivity index (χ2n) is 4.67. The Morgan fingerprint density at radius 1 is 0.750 bits per heavy atom. The van der Waals surface area contributed by atoms with Gasteiger partial charge >= 0.3 is 0 Å². The molecule has 0 fully saturated rings. The highest BCUT2D eigenvalue weighted by Crippen LogP contribution is 2.41. The summed E-state index contributed by atoms with van der Waals surface area (Å²) in [6.45, 7) is 11.5. The minimum atomic E-state index is -1.58. The normalized spacial score (nSPS) is 13.5. The van der Waals surface area contributed by atoms with Gasteiger partial charge < -0.3 is 8.85 Å². The molecule has 0 atom stereocenters. The number of rotatable bonds is 8. The van der Waals surface area contributed by atoms with Crippen LogP contribution in [0.5, 0.6) is 0 Å². The fourth-order valence-corrected chi connectivity index (χ4v) is 15.4. The van der Waals surface area contributed by atoms with Gasteiger partial charge in [0.15, 0.2) is 16.6 Å². The maximum absolute atomic E-state index is 6.00. The fourth-order valence-electron chi connectivity index (χ4n) is 3.14. The number of hydrogen-bond acceptors (Lipinski definition) is 2. The van der Waals surface area contributed by atoms with Crippen LogP contribution in [0.25, 0.3) is 0 Å². The van der Waals surface area contributed by atoms with Crippen molar-refractivity contribution in [3.63, 3.8) is 0 Å². The molecule has 2 nitrogen and oxygen atoms in total. The van der Waals surface area contributed by atoms with Crippen LogP contribution in [0, 0.1) is 0 Å². The molecule has 0 aliphatic heterocycles. The molecular weight excluding hydrogens is 232 g/mol. The van der Waals surface area contributed by atoms with Gasteiger partial charge in [0, 0.05) is 14.2 Å². The quantitative estimate of drug-likeness (QED) is 0.611. The zero-order valence-corrected chi connectivity index (χ0v) is 14.2. The van der Waals surface area contributed by atoms with Crippen molar-refractivity contribution in [1.82, 2.24) is 0 Å². The summed E-state index contributed by atoms with van der Waals surface area (Å²) in [5, 5.41) is 0.681. The molecule has 0 N–H and O–H groups in total. The molecule has 0 radical (unpaired) electrons. The monoisotopic (exact) mass is 262 g/mol. The summed E-state index contributed by atoms with van der Waals surface area (Å²) in [5.74, 6) is 0. The van der Waals surface area contributed by atoms with Crippen molar-refractivity contribution < 1.29 is 8.85 Å². The van der Waals surface area contributed by atoms with Crippen LogP contribution in [-0.2, 0) is 8.85 Å². The molecule has 4 heteroatoms. The van der Waals surface area contributed by atoms with Gasteiger partial charge in [0.1, 0.15) is 0 Å². The lowest BCUT2D eigenvalue weighted by molar-refractivity contribution is 0.360. The van der Waals surface area contributed by atoms with E-state index in [2.05, 4.69) is 34.6 Å². The summed E-state index contributed by atoms with van der Waals surface area (Å²) >= 11 is 0. The van der Waals surface area contributed by atoms with Gasteiger partial charge in [0.2, 0.25) is 0 Å². The fraction of sp³-hybridized carbons (Fsp3) is 1.00. The summed E-state index contributed by atoms with van der Waals surface area (Å²) in [6.07, 6.45) is 0. The van der Waals surface area contributed by atoms with Gasteiger partial charge in [-0.1, -0.05) is 34.6 Å². The first-order chi connectivity index (χ1) is 7.52. The van der Waals surface area contributed by atoms with E-state index in [1.807, 2.05) is 14.2 Å². The van der Waals surface area contributed by atoms with E-state index in [1.165, 1.54) is 24.2 Å². The largest absolute Gasteiger partial charge is 0.420 e. The van der Waals surface area contributed by atoms with Crippen LogP contribution in [-0.4, -0.2) is 30.9 Å². The maximum Gasteiger partial charge on any atom is 0.194 e. The Labute approximate surface area is 104 Å². The van der Waals surface area contributed by atoms with E-state index in [0.29, 0.717) is 5.16 Å². The Morgan fingerprint density at radius 2 is 1.00 bits per heavy atom. The van der Waals surface area contributed by atoms with Crippen LogP contribution in [0.2, 0.25) is 29.3 Å². The van der Waals surface area contributed by atoms with E-state index >= 15 is 0 Å². The Bertz CT molecular complexity index is 153. The highest BCUT2D eigenvalue weighted by atomic mass is 28.4. The first-order valence-corrected chi connectivity index (χ1v) is 11.4. The lowest BCUT2D eigenvalue weighted by Gasteiger charge is -2.43. The molecule has 0 aliphatic rings. The van der Waals surface area contributed by atoms with Crippen molar-refractivity contribution in [1.29, 1.82) is 0 Å². The Balaban J connectivity index is 5.16. The average molecular weight is 263 g/mol. The van der Waals surface area contributed by atoms with E-state index in [4.69, 9.17) is 8.85 Å². The van der Waals surface area contributed by atoms with Gasteiger partial charge in [-0.3, -0.25) is 0 Å². The lowest BCUT2D eigenvalue weighted by Crippen LogP contribution is -2.54. The summed E-state index contributed by atoms with van der Waals surface area (Å²) in [6, 6.07) is 4.83. The molecule has 0 aliphatic carbocycles. The Morgan fingerprint density at radius 3 is 1.12 bits per heavy atom. The van der Waals surface area contributed by atoms with Crippen LogP contribution >= 0.6 is 0 Å². The molecule has 16 heavy (non-hydrogen) atoms. The third-order valence-corrected chi connectivity index (χ3v) is 17.5. The summed E-state index contributed by atoms with van der Waals surface area (Å²) in [4.78, 5) is 0. The molecule has 0 bridgehead atoms. The molecule has 0 aromatic rings. The highest BCUT2D eigenvalue weighted by Gasteiger charge is 2.49. The minimum absolute atomic E-state index is 0.681. The van der Waals surface area contributed by atoms with E-state index in [9.17, 15) is 0 Å². The molecule has 0 amide bonds. The molecule has 0 aromatic heterocycles. The Kier molecular flexibility index (Phi) is 7.09. The van der Waals surface area contributed by atoms with E-state index < -0.39 is 16.6 Å². The predicted octanol–water partition coefficient (Wildman–Crippen LogP) is 4.18. The predicted molar refractivity (Wildman–Crippen MR) is 76.9 cm³/mol. The third kappa shape index (κ3) is 2.78. The number of hydrogen-bond donors (Lipinski definition) is 0. The van der Waals surface area contributed by atoms with Gasteiger partial charge in [-0.05, 0) is 29.3 Å². The van der Waals surface area contributed by atoms with E-state index in [1.54, 1.807) is 0 Å². The first kappa shape index (κ1) is 16.4. The second-order valence-corrected chi connectivity index (χ2v) is 14.9. The van der Waals surface area contributed by atoms with Crippen LogP contribution in [0.4, 0.5) is 0 Å².